The lowest BCUT2D eigenvalue weighted by Gasteiger charge is -2.07. The standard InChI is InChI=1S/C12H11FN2/c13-10-4-6-11(7-5-10)15-12-3-1-2-9(12)8-14/h4-7,15H,1-3H2. The summed E-state index contributed by atoms with van der Waals surface area (Å²) in [6, 6.07) is 8.35. The summed E-state index contributed by atoms with van der Waals surface area (Å²) in [5, 5.41) is 12.0. The van der Waals surface area contributed by atoms with Gasteiger partial charge in [-0.05, 0) is 43.5 Å². The number of benzene rings is 1. The molecule has 0 amide bonds. The Morgan fingerprint density at radius 3 is 2.60 bits per heavy atom. The van der Waals surface area contributed by atoms with Crippen LogP contribution in [0.15, 0.2) is 35.5 Å². The summed E-state index contributed by atoms with van der Waals surface area (Å²) in [4.78, 5) is 0. The van der Waals surface area contributed by atoms with Gasteiger partial charge in [-0.2, -0.15) is 5.26 Å². The van der Waals surface area contributed by atoms with Crippen molar-refractivity contribution in [1.82, 2.24) is 0 Å². The lowest BCUT2D eigenvalue weighted by molar-refractivity contribution is 0.628. The molecule has 0 saturated heterocycles. The summed E-state index contributed by atoms with van der Waals surface area (Å²) >= 11 is 0. The molecule has 1 aliphatic rings. The monoisotopic (exact) mass is 202 g/mol. The van der Waals surface area contributed by atoms with E-state index in [2.05, 4.69) is 11.4 Å². The van der Waals surface area contributed by atoms with Crippen molar-refractivity contribution in [2.24, 2.45) is 0 Å². The van der Waals surface area contributed by atoms with Gasteiger partial charge in [-0.1, -0.05) is 0 Å². The molecule has 3 heteroatoms. The number of anilines is 1. The number of hydrogen-bond acceptors (Lipinski definition) is 2. The number of hydrogen-bond donors (Lipinski definition) is 1. The summed E-state index contributed by atoms with van der Waals surface area (Å²) < 4.78 is 12.7. The molecule has 1 aromatic carbocycles. The minimum absolute atomic E-state index is 0.249. The summed E-state index contributed by atoms with van der Waals surface area (Å²) in [7, 11) is 0. The molecule has 0 heterocycles. The SMILES string of the molecule is N#CC1=C(Nc2ccc(F)cc2)CCC1. The van der Waals surface area contributed by atoms with Crippen LogP contribution in [0.25, 0.3) is 0 Å². The van der Waals surface area contributed by atoms with Crippen molar-refractivity contribution in [2.45, 2.75) is 19.3 Å². The van der Waals surface area contributed by atoms with Gasteiger partial charge >= 0.3 is 0 Å². The summed E-state index contributed by atoms with van der Waals surface area (Å²) in [6.07, 6.45) is 2.77. The van der Waals surface area contributed by atoms with Crippen molar-refractivity contribution in [3.8, 4) is 6.07 Å². The molecule has 0 unspecified atom stereocenters. The van der Waals surface area contributed by atoms with E-state index >= 15 is 0 Å². The fourth-order valence-electron chi connectivity index (χ4n) is 1.71. The molecular weight excluding hydrogens is 191 g/mol. The molecule has 15 heavy (non-hydrogen) atoms. The van der Waals surface area contributed by atoms with E-state index in [-0.39, 0.29) is 5.82 Å². The lowest BCUT2D eigenvalue weighted by Crippen LogP contribution is -1.98. The minimum atomic E-state index is -0.249. The largest absolute Gasteiger partial charge is 0.358 e. The first-order valence-corrected chi connectivity index (χ1v) is 4.94. The van der Waals surface area contributed by atoms with E-state index in [1.807, 2.05) is 0 Å². The average molecular weight is 202 g/mol. The zero-order valence-electron chi connectivity index (χ0n) is 8.26. The van der Waals surface area contributed by atoms with Crippen LogP contribution in [-0.2, 0) is 0 Å². The second-order valence-corrected chi connectivity index (χ2v) is 3.55. The molecule has 0 fully saturated rings. The van der Waals surface area contributed by atoms with Gasteiger partial charge in [0.15, 0.2) is 0 Å². The van der Waals surface area contributed by atoms with Gasteiger partial charge < -0.3 is 5.32 Å². The van der Waals surface area contributed by atoms with Crippen LogP contribution < -0.4 is 5.32 Å². The van der Waals surface area contributed by atoms with Gasteiger partial charge in [-0.25, -0.2) is 4.39 Å². The highest BCUT2D eigenvalue weighted by Gasteiger charge is 2.13. The summed E-state index contributed by atoms with van der Waals surface area (Å²) in [5.41, 5.74) is 2.63. The highest BCUT2D eigenvalue weighted by atomic mass is 19.1. The summed E-state index contributed by atoms with van der Waals surface area (Å²) in [6.45, 7) is 0. The summed E-state index contributed by atoms with van der Waals surface area (Å²) in [5.74, 6) is -0.249. The van der Waals surface area contributed by atoms with E-state index in [0.29, 0.717) is 0 Å². The third-order valence-corrected chi connectivity index (χ3v) is 2.49. The molecule has 0 bridgehead atoms. The molecule has 2 rings (SSSR count). The number of nitrogens with zero attached hydrogens (tertiary/aromatic N) is 1. The number of nitriles is 1. The van der Waals surface area contributed by atoms with E-state index in [9.17, 15) is 4.39 Å². The molecule has 0 atom stereocenters. The Morgan fingerprint density at radius 1 is 1.20 bits per heavy atom. The van der Waals surface area contributed by atoms with E-state index in [0.717, 1.165) is 36.2 Å². The van der Waals surface area contributed by atoms with Crippen molar-refractivity contribution in [2.75, 3.05) is 5.32 Å². The zero-order chi connectivity index (χ0) is 10.7. The van der Waals surface area contributed by atoms with E-state index in [1.54, 1.807) is 12.1 Å². The van der Waals surface area contributed by atoms with Crippen LogP contribution in [0, 0.1) is 17.1 Å². The lowest BCUT2D eigenvalue weighted by atomic mass is 10.2. The van der Waals surface area contributed by atoms with Gasteiger partial charge in [-0.15, -0.1) is 0 Å². The highest BCUT2D eigenvalue weighted by Crippen LogP contribution is 2.26. The Kier molecular flexibility index (Phi) is 2.68. The van der Waals surface area contributed by atoms with Crippen LogP contribution in [0.4, 0.5) is 10.1 Å². The fourth-order valence-corrected chi connectivity index (χ4v) is 1.71. The number of allylic oxidation sites excluding steroid dienone is 2. The number of halogens is 1. The number of rotatable bonds is 2. The maximum Gasteiger partial charge on any atom is 0.123 e. The van der Waals surface area contributed by atoms with Crippen LogP contribution in [-0.4, -0.2) is 0 Å². The molecule has 0 radical (unpaired) electrons. The molecule has 0 aromatic heterocycles. The molecule has 0 saturated carbocycles. The van der Waals surface area contributed by atoms with Gasteiger partial charge in [0.1, 0.15) is 5.82 Å². The molecule has 0 aliphatic heterocycles. The fraction of sp³-hybridized carbons (Fsp3) is 0.250. The molecule has 1 aromatic rings. The normalized spacial score (nSPS) is 15.2. The van der Waals surface area contributed by atoms with Gasteiger partial charge in [0.25, 0.3) is 0 Å². The van der Waals surface area contributed by atoms with Crippen molar-refractivity contribution < 1.29 is 4.39 Å². The molecule has 2 nitrogen and oxygen atoms in total. The van der Waals surface area contributed by atoms with Crippen LogP contribution in [0.1, 0.15) is 19.3 Å². The second-order valence-electron chi connectivity index (χ2n) is 3.55. The third kappa shape index (κ3) is 2.16. The van der Waals surface area contributed by atoms with Crippen LogP contribution in [0.3, 0.4) is 0 Å². The van der Waals surface area contributed by atoms with Gasteiger partial charge in [-0.3, -0.25) is 0 Å². The molecule has 0 spiro atoms. The quantitative estimate of drug-likeness (QED) is 0.799. The molecule has 76 valence electrons. The van der Waals surface area contributed by atoms with Gasteiger partial charge in [0.2, 0.25) is 0 Å². The first-order chi connectivity index (χ1) is 7.29. The smallest absolute Gasteiger partial charge is 0.123 e. The average Bonchev–Trinajstić information content (AvgIpc) is 2.69. The van der Waals surface area contributed by atoms with Crippen molar-refractivity contribution in [3.63, 3.8) is 0 Å². The predicted octanol–water partition coefficient (Wildman–Crippen LogP) is 3.20. The van der Waals surface area contributed by atoms with E-state index in [1.165, 1.54) is 12.1 Å². The van der Waals surface area contributed by atoms with Gasteiger partial charge in [0.05, 0.1) is 6.07 Å². The Morgan fingerprint density at radius 2 is 1.93 bits per heavy atom. The second kappa shape index (κ2) is 4.14. The zero-order valence-corrected chi connectivity index (χ0v) is 8.26. The van der Waals surface area contributed by atoms with E-state index < -0.39 is 0 Å². The van der Waals surface area contributed by atoms with Gasteiger partial charge in [0, 0.05) is 17.0 Å². The predicted molar refractivity (Wildman–Crippen MR) is 56.5 cm³/mol. The van der Waals surface area contributed by atoms with Crippen LogP contribution >= 0.6 is 0 Å². The Bertz CT molecular complexity index is 426. The maximum absolute atomic E-state index is 12.7. The minimum Gasteiger partial charge on any atom is -0.358 e. The molecular formula is C12H11FN2. The van der Waals surface area contributed by atoms with Crippen molar-refractivity contribution >= 4 is 5.69 Å². The van der Waals surface area contributed by atoms with Crippen molar-refractivity contribution in [1.29, 1.82) is 5.26 Å². The van der Waals surface area contributed by atoms with Crippen LogP contribution in [0.5, 0.6) is 0 Å². The first kappa shape index (κ1) is 9.72. The number of nitrogens with one attached hydrogen (secondary N) is 1. The third-order valence-electron chi connectivity index (χ3n) is 2.49. The van der Waals surface area contributed by atoms with E-state index in [4.69, 9.17) is 5.26 Å². The maximum atomic E-state index is 12.7. The first-order valence-electron chi connectivity index (χ1n) is 4.94. The Balaban J connectivity index is 2.16. The Hall–Kier alpha value is -1.82. The topological polar surface area (TPSA) is 35.8 Å². The molecule has 1 N–H and O–H groups in total. The van der Waals surface area contributed by atoms with Crippen LogP contribution in [0.2, 0.25) is 0 Å². The highest BCUT2D eigenvalue weighted by molar-refractivity contribution is 5.51. The molecule has 1 aliphatic carbocycles. The Labute approximate surface area is 88.0 Å². The van der Waals surface area contributed by atoms with Crippen molar-refractivity contribution in [3.05, 3.63) is 41.4 Å².